The topological polar surface area (TPSA) is 78.1 Å². The lowest BCUT2D eigenvalue weighted by Gasteiger charge is -2.29. The minimum atomic E-state index is -0.374. The molecule has 0 saturated carbocycles. The van der Waals surface area contributed by atoms with Crippen molar-refractivity contribution in [3.8, 4) is 34.1 Å². The molecule has 8 heteroatoms. The number of hydrogen-bond donors (Lipinski definition) is 2. The van der Waals surface area contributed by atoms with Gasteiger partial charge in [-0.25, -0.2) is 4.39 Å². The Labute approximate surface area is 263 Å². The summed E-state index contributed by atoms with van der Waals surface area (Å²) < 4.78 is 39.2. The third-order valence-corrected chi connectivity index (χ3v) is 8.34. The van der Waals surface area contributed by atoms with E-state index in [2.05, 4.69) is 10.6 Å². The molecule has 1 fully saturated rings. The number of methoxy groups -OCH3 is 1. The molecule has 4 aromatic carbocycles. The molecule has 0 spiro atoms. The van der Waals surface area contributed by atoms with Crippen LogP contribution in [0.2, 0.25) is 0 Å². The molecule has 6 rings (SSSR count). The van der Waals surface area contributed by atoms with Crippen LogP contribution in [-0.2, 0) is 16.0 Å². The number of hydrogen-bond acceptors (Lipinski definition) is 6. The highest BCUT2D eigenvalue weighted by Gasteiger charge is 2.26. The maximum absolute atomic E-state index is 15.3. The van der Waals surface area contributed by atoms with Crippen molar-refractivity contribution in [2.45, 2.75) is 51.2 Å². The van der Waals surface area contributed by atoms with Gasteiger partial charge in [0.05, 0.1) is 13.2 Å². The van der Waals surface area contributed by atoms with E-state index in [9.17, 15) is 4.79 Å². The number of ether oxygens (including phenoxy) is 4. The van der Waals surface area contributed by atoms with Gasteiger partial charge in [0.1, 0.15) is 23.9 Å². The van der Waals surface area contributed by atoms with Crippen molar-refractivity contribution in [2.24, 2.45) is 0 Å². The summed E-state index contributed by atoms with van der Waals surface area (Å²) in [7, 11) is 1.59. The molecule has 2 atom stereocenters. The monoisotopic (exact) mass is 610 g/mol. The number of benzene rings is 4. The van der Waals surface area contributed by atoms with Gasteiger partial charge in [-0.1, -0.05) is 35.9 Å². The molecule has 2 heterocycles. The highest BCUT2D eigenvalue weighted by molar-refractivity contribution is 5.91. The van der Waals surface area contributed by atoms with Gasteiger partial charge in [0.15, 0.2) is 11.5 Å². The van der Waals surface area contributed by atoms with Crippen molar-refractivity contribution in [3.05, 3.63) is 101 Å². The summed E-state index contributed by atoms with van der Waals surface area (Å²) in [5, 5.41) is 6.46. The Kier molecular flexibility index (Phi) is 9.62. The lowest BCUT2D eigenvalue weighted by Crippen LogP contribution is -2.33. The van der Waals surface area contributed by atoms with Gasteiger partial charge >= 0.3 is 0 Å². The van der Waals surface area contributed by atoms with Crippen LogP contribution in [0.3, 0.4) is 0 Å². The highest BCUT2D eigenvalue weighted by Crippen LogP contribution is 2.40. The minimum Gasteiger partial charge on any atom is -0.497 e. The van der Waals surface area contributed by atoms with Gasteiger partial charge in [-0.15, -0.1) is 0 Å². The van der Waals surface area contributed by atoms with Crippen molar-refractivity contribution in [1.82, 2.24) is 5.32 Å². The maximum Gasteiger partial charge on any atom is 0.226 e. The fourth-order valence-corrected chi connectivity index (χ4v) is 5.90. The smallest absolute Gasteiger partial charge is 0.226 e. The molecule has 2 unspecified atom stereocenters. The molecular weight excluding hydrogens is 571 g/mol. The summed E-state index contributed by atoms with van der Waals surface area (Å²) in [5.74, 6) is 1.57. The Hall–Kier alpha value is -4.40. The van der Waals surface area contributed by atoms with Gasteiger partial charge in [0.2, 0.25) is 5.91 Å². The minimum absolute atomic E-state index is 0.0172. The van der Waals surface area contributed by atoms with Crippen LogP contribution in [0.4, 0.5) is 10.1 Å². The first kappa shape index (κ1) is 30.6. The summed E-state index contributed by atoms with van der Waals surface area (Å²) >= 11 is 0. The zero-order valence-electron chi connectivity index (χ0n) is 25.7. The fourth-order valence-electron chi connectivity index (χ4n) is 5.90. The molecule has 2 aliphatic rings. The van der Waals surface area contributed by atoms with Crippen molar-refractivity contribution < 1.29 is 28.1 Å². The second-order valence-corrected chi connectivity index (χ2v) is 11.6. The van der Waals surface area contributed by atoms with E-state index in [4.69, 9.17) is 18.9 Å². The molecule has 2 aliphatic heterocycles. The van der Waals surface area contributed by atoms with Crippen LogP contribution in [-0.4, -0.2) is 38.9 Å². The van der Waals surface area contributed by atoms with Gasteiger partial charge in [-0.2, -0.15) is 0 Å². The van der Waals surface area contributed by atoms with E-state index in [1.165, 1.54) is 6.07 Å². The second kappa shape index (κ2) is 14.1. The third-order valence-electron chi connectivity index (χ3n) is 8.34. The van der Waals surface area contributed by atoms with Crippen LogP contribution in [0, 0.1) is 12.7 Å². The van der Waals surface area contributed by atoms with Gasteiger partial charge in [0.25, 0.3) is 0 Å². The number of carbonyl (C=O) groups excluding carboxylic acids is 1. The Morgan fingerprint density at radius 1 is 1.00 bits per heavy atom. The van der Waals surface area contributed by atoms with Gasteiger partial charge in [0, 0.05) is 42.5 Å². The number of aryl methyl sites for hydroxylation is 1. The van der Waals surface area contributed by atoms with Crippen LogP contribution >= 0.6 is 0 Å². The quantitative estimate of drug-likeness (QED) is 0.191. The lowest BCUT2D eigenvalue weighted by molar-refractivity contribution is -0.116. The molecule has 7 nitrogen and oxygen atoms in total. The van der Waals surface area contributed by atoms with E-state index in [-0.39, 0.29) is 30.3 Å². The van der Waals surface area contributed by atoms with Gasteiger partial charge < -0.3 is 29.6 Å². The number of rotatable bonds is 10. The highest BCUT2D eigenvalue weighted by atomic mass is 19.1. The average Bonchev–Trinajstić information content (AvgIpc) is 3.05. The molecule has 45 heavy (non-hydrogen) atoms. The van der Waals surface area contributed by atoms with E-state index in [0.717, 1.165) is 61.1 Å². The predicted octanol–water partition coefficient (Wildman–Crippen LogP) is 7.77. The predicted molar refractivity (Wildman–Crippen MR) is 173 cm³/mol. The number of nitrogens with one attached hydrogen (secondary N) is 2. The van der Waals surface area contributed by atoms with Crippen molar-refractivity contribution >= 4 is 11.6 Å². The fraction of sp³-hybridized carbons (Fsp3) is 0.324. The Balaban J connectivity index is 1.26. The van der Waals surface area contributed by atoms with Gasteiger partial charge in [-0.05, 0) is 92.2 Å². The largest absolute Gasteiger partial charge is 0.497 e. The SMILES string of the molecule is COc1cccc(NC(=O)CC2NCCc3cc(OCC4CCCCO4)c(Oc4ccc(-c5ccc(C)cc5)c(F)c4)cc32)c1. The molecule has 234 valence electrons. The molecule has 0 aromatic heterocycles. The number of halogens is 1. The molecule has 0 bridgehead atoms. The number of fused-ring (bicyclic) bond motifs is 1. The normalized spacial score (nSPS) is 17.7. The molecule has 0 aliphatic carbocycles. The molecular formula is C37H39FN2O5. The Morgan fingerprint density at radius 3 is 2.64 bits per heavy atom. The summed E-state index contributed by atoms with van der Waals surface area (Å²) in [5.41, 5.74) is 5.13. The lowest BCUT2D eigenvalue weighted by atomic mass is 9.91. The number of amides is 1. The average molecular weight is 611 g/mol. The van der Waals surface area contributed by atoms with Crippen LogP contribution in [0.5, 0.6) is 23.0 Å². The third kappa shape index (κ3) is 7.64. The van der Waals surface area contributed by atoms with E-state index >= 15 is 4.39 Å². The second-order valence-electron chi connectivity index (χ2n) is 11.6. The first-order chi connectivity index (χ1) is 21.9. The Bertz CT molecular complexity index is 1630. The first-order valence-electron chi connectivity index (χ1n) is 15.6. The molecule has 1 saturated heterocycles. The molecule has 1 amide bonds. The van der Waals surface area contributed by atoms with E-state index in [1.807, 2.05) is 61.5 Å². The standard InChI is InChI=1S/C37H39FN2O5/c1-24-9-11-25(12-10-24)31-14-13-29(20-33(31)38)45-36-21-32-26(18-35(36)44-23-30-7-3-4-17-43-30)15-16-39-34(32)22-37(41)40-27-6-5-8-28(19-27)42-2/h5-6,8-14,18-21,30,34,39H,3-4,7,15-17,22-23H2,1-2H3,(H,40,41). The molecule has 4 aromatic rings. The van der Waals surface area contributed by atoms with Crippen molar-refractivity contribution in [3.63, 3.8) is 0 Å². The van der Waals surface area contributed by atoms with Gasteiger partial charge in [-0.3, -0.25) is 4.79 Å². The number of carbonyl (C=O) groups is 1. The summed E-state index contributed by atoms with van der Waals surface area (Å²) in [6, 6.07) is 23.6. The van der Waals surface area contributed by atoms with E-state index in [0.29, 0.717) is 40.9 Å². The maximum atomic E-state index is 15.3. The van der Waals surface area contributed by atoms with E-state index in [1.54, 1.807) is 25.3 Å². The first-order valence-corrected chi connectivity index (χ1v) is 15.6. The number of anilines is 1. The summed E-state index contributed by atoms with van der Waals surface area (Å²) in [6.45, 7) is 3.87. The van der Waals surface area contributed by atoms with Crippen LogP contribution in [0.1, 0.15) is 48.4 Å². The van der Waals surface area contributed by atoms with E-state index < -0.39 is 0 Å². The van der Waals surface area contributed by atoms with Crippen LogP contribution in [0.15, 0.2) is 78.9 Å². The van der Waals surface area contributed by atoms with Crippen molar-refractivity contribution in [2.75, 3.05) is 32.2 Å². The Morgan fingerprint density at radius 2 is 1.87 bits per heavy atom. The van der Waals surface area contributed by atoms with Crippen LogP contribution in [0.25, 0.3) is 11.1 Å². The zero-order valence-corrected chi connectivity index (χ0v) is 25.7. The molecule has 0 radical (unpaired) electrons. The van der Waals surface area contributed by atoms with Crippen LogP contribution < -0.4 is 24.8 Å². The molecule has 2 N–H and O–H groups in total. The van der Waals surface area contributed by atoms with Crippen molar-refractivity contribution in [1.29, 1.82) is 0 Å². The zero-order chi connectivity index (χ0) is 31.2. The summed E-state index contributed by atoms with van der Waals surface area (Å²) in [6.07, 6.45) is 4.14. The summed E-state index contributed by atoms with van der Waals surface area (Å²) in [4.78, 5) is 13.1.